The molecule has 1 aliphatic rings. The van der Waals surface area contributed by atoms with E-state index in [9.17, 15) is 0 Å². The smallest absolute Gasteiger partial charge is 0.194 e. The van der Waals surface area contributed by atoms with Gasteiger partial charge in [-0.25, -0.2) is 0 Å². The summed E-state index contributed by atoms with van der Waals surface area (Å²) in [4.78, 5) is 0. The SMILES string of the molecule is CCCc1cc(-c2cc(C)cc(C)c2C)[n+](C)c2ccccc12.Cc1cc(C)c(C)c(-c2cc(CC(C)(C)C)c3ccccc3[n+]2C)c1.Cc1cc(C)c(C)c(-c2cc(CC(C)C)c3ccccc3[n+]2C)c1.Cc1cc(C)c(C)c(-c2cc(CC3CCCC3)c3ccccc3[n+]2C)c1.Cc1cc(C)c(C)c(-c2ccc3c(CC(C)(C)C)cccc3[n+]2C)c1. The van der Waals surface area contributed by atoms with Crippen LogP contribution in [0.1, 0.15) is 206 Å². The van der Waals surface area contributed by atoms with Gasteiger partial charge in [-0.2, -0.15) is 22.8 Å². The van der Waals surface area contributed by atoms with Crippen LogP contribution in [0.2, 0.25) is 0 Å². The summed E-state index contributed by atoms with van der Waals surface area (Å²) >= 11 is 0. The standard InChI is InChI=1S/C25H30N.2C24H30N.C23H28N.C22H26N/c1-17-13-18(2)19(3)23(14-17)25-16-21(15-20-9-5-6-10-20)22-11-7-8-12-24(22)26(25)4;1-16-13-17(2)18(3)21(14-16)23-12-11-20-19(15-24(4,5)6)9-8-10-22(20)25(23)7;1-16-12-17(2)18(3)21(13-16)23-14-19(15-24(4,5)6)20-10-8-9-11-22(20)25(23)7;1-15(2)11-19-14-23(21-13-16(3)12-17(4)18(21)5)24(6)22-10-8-7-9-20(19)22;1-6-9-18-14-22(20-13-15(2)12-16(3)17(20)4)23(5)21-11-8-7-10-19(18)21/h7-8,11-14,16,20H,5-6,9-10,15H2,1-4H3;2*8-14H,15H2,1-7H3;7-10,12-15H,11H2,1-6H3;7-8,10-14H,6,9H2,1-5H3/q5*+1. The number of pyridine rings is 5. The van der Waals surface area contributed by atoms with Crippen molar-refractivity contribution in [1.29, 1.82) is 0 Å². The summed E-state index contributed by atoms with van der Waals surface area (Å²) in [5, 5.41) is 6.91. The van der Waals surface area contributed by atoms with Crippen molar-refractivity contribution in [1.82, 2.24) is 0 Å². The van der Waals surface area contributed by atoms with Crippen LogP contribution in [0.15, 0.2) is 212 Å². The van der Waals surface area contributed by atoms with Crippen molar-refractivity contribution < 1.29 is 22.8 Å². The van der Waals surface area contributed by atoms with Gasteiger partial charge in [0.2, 0.25) is 56.1 Å². The van der Waals surface area contributed by atoms with E-state index < -0.39 is 0 Å². The Bertz CT molecular complexity index is 6420. The van der Waals surface area contributed by atoms with E-state index in [0.717, 1.165) is 31.6 Å². The first-order valence-corrected chi connectivity index (χ1v) is 45.7. The number of aryl methyl sites for hydroxylation is 16. The predicted octanol–water partition coefficient (Wildman–Crippen LogP) is 28.3. The van der Waals surface area contributed by atoms with Gasteiger partial charge in [-0.3, -0.25) is 0 Å². The van der Waals surface area contributed by atoms with E-state index in [1.54, 1.807) is 0 Å². The van der Waals surface area contributed by atoms with Crippen LogP contribution in [0.5, 0.6) is 0 Å². The molecule has 15 aromatic rings. The zero-order valence-electron chi connectivity index (χ0n) is 80.7. The topological polar surface area (TPSA) is 19.4 Å². The number of hydrogen-bond donors (Lipinski definition) is 0. The van der Waals surface area contributed by atoms with Gasteiger partial charge < -0.3 is 0 Å². The average Bonchev–Trinajstić information content (AvgIpc) is 1.74. The number of rotatable bonds is 13. The normalized spacial score (nSPS) is 12.4. The van der Waals surface area contributed by atoms with Crippen LogP contribution < -0.4 is 22.8 Å². The summed E-state index contributed by atoms with van der Waals surface area (Å²) in [6, 6.07) is 79.2. The van der Waals surface area contributed by atoms with E-state index in [0.29, 0.717) is 5.92 Å². The summed E-state index contributed by atoms with van der Waals surface area (Å²) in [6.07, 6.45) is 12.4. The maximum Gasteiger partial charge on any atom is 0.213 e. The summed E-state index contributed by atoms with van der Waals surface area (Å²) in [5.74, 6) is 1.51. The molecule has 0 spiro atoms. The van der Waals surface area contributed by atoms with Gasteiger partial charge in [0, 0.05) is 115 Å². The predicted molar refractivity (Wildman–Crippen MR) is 528 cm³/mol. The van der Waals surface area contributed by atoms with Crippen molar-refractivity contribution in [2.45, 2.75) is 230 Å². The Morgan fingerprint density at radius 3 is 0.919 bits per heavy atom. The molecule has 5 nitrogen and oxygen atoms in total. The largest absolute Gasteiger partial charge is 0.213 e. The van der Waals surface area contributed by atoms with Crippen LogP contribution in [-0.4, -0.2) is 0 Å². The first kappa shape index (κ1) is 91.5. The fourth-order valence-corrected chi connectivity index (χ4v) is 19.6. The minimum Gasteiger partial charge on any atom is -0.194 e. The quantitative estimate of drug-likeness (QED) is 0.103. The van der Waals surface area contributed by atoms with E-state index in [1.165, 1.54) is 261 Å². The third-order valence-electron chi connectivity index (χ3n) is 26.4. The van der Waals surface area contributed by atoms with Gasteiger partial charge in [0.15, 0.2) is 0 Å². The number of benzene rings is 10. The van der Waals surface area contributed by atoms with Gasteiger partial charge in [0.1, 0.15) is 35.2 Å². The molecule has 0 bridgehead atoms. The lowest BCUT2D eigenvalue weighted by Crippen LogP contribution is -2.33. The molecular formula is C118H144N5+5. The van der Waals surface area contributed by atoms with E-state index in [-0.39, 0.29) is 10.8 Å². The van der Waals surface area contributed by atoms with Crippen LogP contribution in [0.3, 0.4) is 0 Å². The zero-order chi connectivity index (χ0) is 89.0. The highest BCUT2D eigenvalue weighted by atomic mass is 15.0. The molecule has 16 rings (SSSR count). The molecule has 0 radical (unpaired) electrons. The Labute approximate surface area is 740 Å². The molecular weight excluding hydrogens is 1490 g/mol. The fourth-order valence-electron chi connectivity index (χ4n) is 19.6. The molecule has 1 saturated carbocycles. The minimum atomic E-state index is 0.261. The Kier molecular flexibility index (Phi) is 28.7. The highest BCUT2D eigenvalue weighted by Gasteiger charge is 2.29. The van der Waals surface area contributed by atoms with Crippen molar-refractivity contribution in [3.05, 3.63) is 324 Å². The van der Waals surface area contributed by atoms with Gasteiger partial charge in [-0.15, -0.1) is 0 Å². The molecule has 5 aromatic heterocycles. The van der Waals surface area contributed by atoms with E-state index in [2.05, 4.69) is 437 Å². The lowest BCUT2D eigenvalue weighted by molar-refractivity contribution is -0.633. The second kappa shape index (κ2) is 38.6. The Morgan fingerprint density at radius 1 is 0.293 bits per heavy atom. The Hall–Kier alpha value is -10.8. The molecule has 0 amide bonds. The molecule has 0 saturated heterocycles. The lowest BCUT2D eigenvalue weighted by atomic mass is 9.85. The van der Waals surface area contributed by atoms with Crippen molar-refractivity contribution in [2.24, 2.45) is 57.9 Å². The molecule has 5 heterocycles. The Morgan fingerprint density at radius 2 is 0.569 bits per heavy atom. The molecule has 0 N–H and O–H groups in total. The number of aromatic nitrogens is 5. The van der Waals surface area contributed by atoms with Crippen LogP contribution in [0.4, 0.5) is 0 Å². The average molecular weight is 1630 g/mol. The maximum atomic E-state index is 2.47. The van der Waals surface area contributed by atoms with Crippen LogP contribution in [-0.2, 0) is 67.3 Å². The number of fused-ring (bicyclic) bond motifs is 5. The minimum absolute atomic E-state index is 0.261. The summed E-state index contributed by atoms with van der Waals surface area (Å²) in [7, 11) is 11.0. The molecule has 0 atom stereocenters. The molecule has 0 unspecified atom stereocenters. The highest BCUT2D eigenvalue weighted by molar-refractivity contribution is 5.87. The van der Waals surface area contributed by atoms with Crippen molar-refractivity contribution >= 4 is 54.5 Å². The lowest BCUT2D eigenvalue weighted by Gasteiger charge is -2.20. The monoisotopic (exact) mass is 1630 g/mol. The van der Waals surface area contributed by atoms with Gasteiger partial charge in [0.05, 0.1) is 0 Å². The molecule has 1 aliphatic carbocycles. The van der Waals surface area contributed by atoms with Crippen LogP contribution >= 0.6 is 0 Å². The summed E-state index contributed by atoms with van der Waals surface area (Å²) in [6.45, 7) is 53.9. The van der Waals surface area contributed by atoms with Crippen molar-refractivity contribution in [3.63, 3.8) is 0 Å². The van der Waals surface area contributed by atoms with Crippen molar-refractivity contribution in [2.75, 3.05) is 0 Å². The first-order valence-electron chi connectivity index (χ1n) is 45.7. The molecule has 10 aromatic carbocycles. The Balaban J connectivity index is 0.000000140. The second-order valence-corrected chi connectivity index (χ2v) is 39.6. The number of nitrogens with zero attached hydrogens (tertiary/aromatic N) is 5. The van der Waals surface area contributed by atoms with Gasteiger partial charge in [0.25, 0.3) is 0 Å². The van der Waals surface area contributed by atoms with E-state index in [1.807, 2.05) is 0 Å². The summed E-state index contributed by atoms with van der Waals surface area (Å²) in [5.41, 5.74) is 48.1. The number of hydrogen-bond acceptors (Lipinski definition) is 0. The third-order valence-corrected chi connectivity index (χ3v) is 26.4. The fraction of sp³-hybridized carbons (Fsp3) is 0.364. The molecule has 5 heteroatoms. The van der Waals surface area contributed by atoms with Crippen molar-refractivity contribution in [3.8, 4) is 56.3 Å². The van der Waals surface area contributed by atoms with Crippen LogP contribution in [0, 0.1) is 127 Å². The third kappa shape index (κ3) is 20.9. The first-order chi connectivity index (χ1) is 58.3. The van der Waals surface area contributed by atoms with Gasteiger partial charge in [-0.05, 0) is 303 Å². The second-order valence-electron chi connectivity index (χ2n) is 39.6. The summed E-state index contributed by atoms with van der Waals surface area (Å²) < 4.78 is 11.8. The molecule has 636 valence electrons. The van der Waals surface area contributed by atoms with Gasteiger partial charge in [-0.1, -0.05) is 213 Å². The highest BCUT2D eigenvalue weighted by Crippen LogP contribution is 2.38. The van der Waals surface area contributed by atoms with E-state index >= 15 is 0 Å². The number of para-hydroxylation sites is 4. The molecule has 1 fully saturated rings. The van der Waals surface area contributed by atoms with E-state index in [4.69, 9.17) is 0 Å². The maximum absolute atomic E-state index is 2.47. The van der Waals surface area contributed by atoms with Gasteiger partial charge >= 0.3 is 0 Å². The molecule has 0 aliphatic heterocycles. The zero-order valence-corrected chi connectivity index (χ0v) is 80.7. The molecule has 123 heavy (non-hydrogen) atoms. The van der Waals surface area contributed by atoms with Crippen LogP contribution in [0.25, 0.3) is 111 Å².